The van der Waals surface area contributed by atoms with E-state index in [2.05, 4.69) is 34.6 Å². The summed E-state index contributed by atoms with van der Waals surface area (Å²) >= 11 is 0. The first-order chi connectivity index (χ1) is 15.9. The molecule has 3 saturated carbocycles. The van der Waals surface area contributed by atoms with Crippen LogP contribution in [0.25, 0.3) is 0 Å². The molecule has 1 heterocycles. The van der Waals surface area contributed by atoms with Crippen LogP contribution >= 0.6 is 0 Å². The van der Waals surface area contributed by atoms with Crippen LogP contribution in [0, 0.1) is 40.4 Å². The van der Waals surface area contributed by atoms with Gasteiger partial charge in [-0.2, -0.15) is 0 Å². The van der Waals surface area contributed by atoms with Crippen molar-refractivity contribution in [2.45, 2.75) is 84.4 Å². The van der Waals surface area contributed by atoms with Crippen LogP contribution in [0.3, 0.4) is 0 Å². The number of hydrogen-bond donors (Lipinski definition) is 1. The summed E-state index contributed by atoms with van der Waals surface area (Å²) in [5, 5.41) is 11.7. The average Bonchev–Trinajstić information content (AvgIpc) is 3.04. The molecule has 0 aromatic carbocycles. The fourth-order valence-electron chi connectivity index (χ4n) is 8.79. The lowest BCUT2D eigenvalue weighted by molar-refractivity contribution is -0.428. The van der Waals surface area contributed by atoms with Gasteiger partial charge in [0.1, 0.15) is 12.2 Å². The maximum atomic E-state index is 13.6. The van der Waals surface area contributed by atoms with Crippen LogP contribution in [0.1, 0.15) is 66.7 Å². The zero-order valence-electron chi connectivity index (χ0n) is 21.4. The fourth-order valence-corrected chi connectivity index (χ4v) is 8.79. The van der Waals surface area contributed by atoms with Gasteiger partial charge in [0.15, 0.2) is 11.6 Å². The van der Waals surface area contributed by atoms with Crippen LogP contribution in [-0.2, 0) is 23.8 Å². The Morgan fingerprint density at radius 1 is 1.26 bits per heavy atom. The van der Waals surface area contributed by atoms with E-state index in [-0.39, 0.29) is 53.2 Å². The highest BCUT2D eigenvalue weighted by Crippen LogP contribution is 2.69. The summed E-state index contributed by atoms with van der Waals surface area (Å²) in [4.78, 5) is 25.8. The van der Waals surface area contributed by atoms with Crippen LogP contribution < -0.4 is 0 Å². The van der Waals surface area contributed by atoms with E-state index < -0.39 is 23.1 Å². The van der Waals surface area contributed by atoms with Gasteiger partial charge in [0, 0.05) is 30.3 Å². The fraction of sp³-hybridized carbons (Fsp3) is 0.786. The quantitative estimate of drug-likeness (QED) is 0.663. The first kappa shape index (κ1) is 24.4. The molecule has 6 heteroatoms. The summed E-state index contributed by atoms with van der Waals surface area (Å²) in [6, 6.07) is 0. The van der Waals surface area contributed by atoms with Crippen molar-refractivity contribution in [3.8, 4) is 0 Å². The summed E-state index contributed by atoms with van der Waals surface area (Å²) in [7, 11) is 1.58. The molecule has 188 valence electrons. The molecule has 5 rings (SSSR count). The van der Waals surface area contributed by atoms with Crippen molar-refractivity contribution in [2.75, 3.05) is 13.7 Å². The molecule has 6 nitrogen and oxygen atoms in total. The lowest BCUT2D eigenvalue weighted by atomic mass is 9.44. The van der Waals surface area contributed by atoms with Crippen LogP contribution in [0.2, 0.25) is 0 Å². The number of fused-ring (bicyclic) bond motifs is 6. The first-order valence-electron chi connectivity index (χ1n) is 13.0. The van der Waals surface area contributed by atoms with Crippen molar-refractivity contribution in [1.82, 2.24) is 0 Å². The molecule has 34 heavy (non-hydrogen) atoms. The molecule has 1 saturated heterocycles. The molecule has 1 spiro atoms. The molecule has 0 amide bonds. The third-order valence-corrected chi connectivity index (χ3v) is 10.1. The summed E-state index contributed by atoms with van der Waals surface area (Å²) in [5.41, 5.74) is -0.738. The summed E-state index contributed by atoms with van der Waals surface area (Å²) in [6.07, 6.45) is 8.33. The zero-order chi connectivity index (χ0) is 24.7. The van der Waals surface area contributed by atoms with Gasteiger partial charge >= 0.3 is 0 Å². The maximum absolute atomic E-state index is 13.6. The number of Topliss-reactive ketones (excluding diaryl/α,β-unsaturated/α-hetero) is 1. The summed E-state index contributed by atoms with van der Waals surface area (Å²) in [5.74, 6) is -0.222. The highest BCUT2D eigenvalue weighted by Gasteiger charge is 2.72. The minimum absolute atomic E-state index is 0.0188. The Kier molecular flexibility index (Phi) is 5.61. The van der Waals surface area contributed by atoms with E-state index in [1.54, 1.807) is 19.3 Å². The number of rotatable bonds is 3. The molecule has 0 radical (unpaired) electrons. The van der Waals surface area contributed by atoms with Gasteiger partial charge < -0.3 is 19.3 Å². The Bertz CT molecular complexity index is 953. The van der Waals surface area contributed by atoms with E-state index >= 15 is 0 Å². The summed E-state index contributed by atoms with van der Waals surface area (Å²) in [6.45, 7) is 10.7. The predicted molar refractivity (Wildman–Crippen MR) is 127 cm³/mol. The number of carbonyl (C=O) groups excluding carboxylic acids is 2. The predicted octanol–water partition coefficient (Wildman–Crippen LogP) is 4.21. The van der Waals surface area contributed by atoms with E-state index in [0.29, 0.717) is 19.3 Å². The van der Waals surface area contributed by atoms with Crippen LogP contribution in [0.15, 0.2) is 23.8 Å². The topological polar surface area (TPSA) is 82.1 Å². The monoisotopic (exact) mass is 472 g/mol. The van der Waals surface area contributed by atoms with E-state index in [0.717, 1.165) is 18.4 Å². The Hall–Kier alpha value is -1.34. The third-order valence-electron chi connectivity index (χ3n) is 10.1. The molecular formula is C28H40O6. The smallest absolute Gasteiger partial charge is 0.284 e. The minimum atomic E-state index is -1.24. The number of allylic oxidation sites excluding steroid dienone is 4. The Morgan fingerprint density at radius 2 is 2.00 bits per heavy atom. The van der Waals surface area contributed by atoms with Crippen molar-refractivity contribution in [3.05, 3.63) is 23.8 Å². The number of carbonyl (C=O) groups is 2. The van der Waals surface area contributed by atoms with E-state index in [1.165, 1.54) is 0 Å². The normalized spacial score (nSPS) is 50.2. The highest BCUT2D eigenvalue weighted by atomic mass is 16.9. The molecule has 1 aliphatic heterocycles. The molecule has 0 aromatic heterocycles. The van der Waals surface area contributed by atoms with Gasteiger partial charge in [0.25, 0.3) is 5.97 Å². The Morgan fingerprint density at radius 3 is 2.68 bits per heavy atom. The number of aliphatic hydroxyl groups excluding tert-OH is 1. The second-order valence-corrected chi connectivity index (χ2v) is 12.4. The number of hydrogen-bond acceptors (Lipinski definition) is 6. The number of ether oxygens (including phenoxy) is 3. The second kappa shape index (κ2) is 7.83. The SMILES string of the molecule is COC1(CC(C)C)OCC(=O)[C@]2(CCC3C4C[C@H](C)C5=CC(=O)C=CC5(C)C4[C@@H](O)CC32C)O1. The van der Waals surface area contributed by atoms with Gasteiger partial charge in [-0.1, -0.05) is 46.3 Å². The second-order valence-electron chi connectivity index (χ2n) is 12.4. The molecule has 0 aromatic rings. The standard InChI is InChI=1S/C28H40O6/c1-16(2)13-28(32-6)33-15-23(31)27(34-28)10-8-20-19-11-17(3)21-12-18(29)7-9-25(21,4)24(19)22(30)14-26(20,27)5/h7,9,12,16-17,19-20,22,24,30H,8,10-11,13-15H2,1-6H3/t17-,19?,20?,22-,24?,25?,26?,27-,28?/m0/s1. The van der Waals surface area contributed by atoms with Crippen LogP contribution in [0.5, 0.6) is 0 Å². The van der Waals surface area contributed by atoms with E-state index in [4.69, 9.17) is 14.2 Å². The molecule has 0 bridgehead atoms. The van der Waals surface area contributed by atoms with Crippen molar-refractivity contribution in [2.24, 2.45) is 40.4 Å². The largest absolute Gasteiger partial charge is 0.393 e. The molecule has 4 fully saturated rings. The number of methoxy groups -OCH3 is 1. The van der Waals surface area contributed by atoms with Crippen molar-refractivity contribution in [3.63, 3.8) is 0 Å². The molecule has 6 unspecified atom stereocenters. The zero-order valence-corrected chi connectivity index (χ0v) is 21.4. The van der Waals surface area contributed by atoms with Gasteiger partial charge in [-0.05, 0) is 61.5 Å². The first-order valence-corrected chi connectivity index (χ1v) is 13.0. The minimum Gasteiger partial charge on any atom is -0.393 e. The van der Waals surface area contributed by atoms with E-state index in [9.17, 15) is 14.7 Å². The van der Waals surface area contributed by atoms with Crippen LogP contribution in [0.4, 0.5) is 0 Å². The van der Waals surface area contributed by atoms with Gasteiger partial charge in [-0.15, -0.1) is 0 Å². The lowest BCUT2D eigenvalue weighted by Crippen LogP contribution is -2.68. The number of ketones is 2. The third kappa shape index (κ3) is 3.14. The molecule has 1 N–H and O–H groups in total. The highest BCUT2D eigenvalue weighted by molar-refractivity contribution is 6.01. The lowest BCUT2D eigenvalue weighted by Gasteiger charge is -2.62. The molecule has 4 aliphatic carbocycles. The molecule has 9 atom stereocenters. The van der Waals surface area contributed by atoms with Gasteiger partial charge in [-0.25, -0.2) is 0 Å². The van der Waals surface area contributed by atoms with Crippen LogP contribution in [-0.4, -0.2) is 48.1 Å². The van der Waals surface area contributed by atoms with Gasteiger partial charge in [0.2, 0.25) is 0 Å². The Balaban J connectivity index is 1.55. The van der Waals surface area contributed by atoms with E-state index in [1.807, 2.05) is 6.08 Å². The van der Waals surface area contributed by atoms with Crippen molar-refractivity contribution < 1.29 is 28.9 Å². The van der Waals surface area contributed by atoms with Crippen molar-refractivity contribution >= 4 is 11.6 Å². The number of aliphatic hydroxyl groups is 1. The summed E-state index contributed by atoms with van der Waals surface area (Å²) < 4.78 is 18.4. The molecular weight excluding hydrogens is 432 g/mol. The van der Waals surface area contributed by atoms with Crippen molar-refractivity contribution in [1.29, 1.82) is 0 Å². The van der Waals surface area contributed by atoms with Gasteiger partial charge in [0.05, 0.1) is 6.10 Å². The maximum Gasteiger partial charge on any atom is 0.284 e. The molecule has 5 aliphatic rings. The average molecular weight is 473 g/mol. The Labute approximate surface area is 203 Å². The van der Waals surface area contributed by atoms with Gasteiger partial charge in [-0.3, -0.25) is 9.59 Å².